The van der Waals surface area contributed by atoms with Crippen molar-refractivity contribution in [1.82, 2.24) is 9.88 Å². The zero-order valence-electron chi connectivity index (χ0n) is 13.0. The van der Waals surface area contributed by atoms with Gasteiger partial charge in [0, 0.05) is 35.8 Å². The molecule has 1 aromatic heterocycles. The molecule has 0 aliphatic heterocycles. The number of carbonyl (C=O) groups excluding carboxylic acids is 2. The van der Waals surface area contributed by atoms with Crippen molar-refractivity contribution in [3.05, 3.63) is 89.7 Å². The van der Waals surface area contributed by atoms with Crippen LogP contribution in [0.5, 0.6) is 0 Å². The minimum Gasteiger partial charge on any atom is -0.366 e. The summed E-state index contributed by atoms with van der Waals surface area (Å²) in [5, 5.41) is 2.86. The Morgan fingerprint density at radius 2 is 1.46 bits per heavy atom. The number of nitrogens with zero attached hydrogens (tertiary/aromatic N) is 1. The summed E-state index contributed by atoms with van der Waals surface area (Å²) in [5.41, 5.74) is 8.14. The highest BCUT2D eigenvalue weighted by atomic mass is 16.2. The molecule has 5 heteroatoms. The van der Waals surface area contributed by atoms with E-state index >= 15 is 0 Å². The summed E-state index contributed by atoms with van der Waals surface area (Å²) in [6.07, 6.45) is 3.90. The Balaban J connectivity index is 1.61. The Morgan fingerprint density at radius 1 is 0.875 bits per heavy atom. The molecular weight excluding hydrogens is 302 g/mol. The van der Waals surface area contributed by atoms with Crippen molar-refractivity contribution >= 4 is 11.8 Å². The van der Waals surface area contributed by atoms with Gasteiger partial charge in [0.05, 0.1) is 0 Å². The predicted molar refractivity (Wildman–Crippen MR) is 91.9 cm³/mol. The molecule has 0 aliphatic carbocycles. The number of hydrogen-bond donors (Lipinski definition) is 2. The van der Waals surface area contributed by atoms with Crippen molar-refractivity contribution in [2.24, 2.45) is 5.73 Å². The van der Waals surface area contributed by atoms with E-state index in [1.165, 1.54) is 0 Å². The summed E-state index contributed by atoms with van der Waals surface area (Å²) < 4.78 is 1.97. The minimum atomic E-state index is -0.464. The smallest absolute Gasteiger partial charge is 0.251 e. The normalized spacial score (nSPS) is 10.3. The summed E-state index contributed by atoms with van der Waals surface area (Å²) in [5.74, 6) is -0.610. The molecule has 0 fully saturated rings. The first-order valence-electron chi connectivity index (χ1n) is 7.54. The van der Waals surface area contributed by atoms with Gasteiger partial charge in [-0.2, -0.15) is 0 Å². The van der Waals surface area contributed by atoms with Gasteiger partial charge in [-0.05, 0) is 54.1 Å². The molecule has 3 rings (SSSR count). The van der Waals surface area contributed by atoms with Crippen molar-refractivity contribution in [3.8, 4) is 5.69 Å². The Hall–Kier alpha value is -3.34. The average molecular weight is 319 g/mol. The molecule has 0 bridgehead atoms. The lowest BCUT2D eigenvalue weighted by Gasteiger charge is -2.07. The first kappa shape index (κ1) is 15.6. The van der Waals surface area contributed by atoms with E-state index in [9.17, 15) is 9.59 Å². The zero-order chi connectivity index (χ0) is 16.9. The number of rotatable bonds is 5. The quantitative estimate of drug-likeness (QED) is 0.758. The van der Waals surface area contributed by atoms with Crippen LogP contribution in [0.4, 0.5) is 0 Å². The van der Waals surface area contributed by atoms with E-state index in [2.05, 4.69) is 5.32 Å². The van der Waals surface area contributed by atoms with Gasteiger partial charge in [-0.3, -0.25) is 9.59 Å². The molecule has 0 aliphatic rings. The standard InChI is InChI=1S/C19H17N3O2/c20-18(23)15-5-3-14(4-6-15)13-21-19(24)16-7-9-17(10-8-16)22-11-1-2-12-22/h1-12H,13H2,(H2,20,23)(H,21,24). The van der Waals surface area contributed by atoms with Crippen molar-refractivity contribution in [3.63, 3.8) is 0 Å². The molecule has 0 spiro atoms. The van der Waals surface area contributed by atoms with Gasteiger partial charge < -0.3 is 15.6 Å². The number of amides is 2. The van der Waals surface area contributed by atoms with Gasteiger partial charge in [-0.25, -0.2) is 0 Å². The summed E-state index contributed by atoms with van der Waals surface area (Å²) in [4.78, 5) is 23.2. The Morgan fingerprint density at radius 3 is 2.04 bits per heavy atom. The van der Waals surface area contributed by atoms with Crippen molar-refractivity contribution in [2.45, 2.75) is 6.54 Å². The summed E-state index contributed by atoms with van der Waals surface area (Å²) >= 11 is 0. The van der Waals surface area contributed by atoms with E-state index in [0.717, 1.165) is 11.3 Å². The molecule has 120 valence electrons. The van der Waals surface area contributed by atoms with E-state index in [1.807, 2.05) is 41.2 Å². The van der Waals surface area contributed by atoms with Crippen LogP contribution in [0, 0.1) is 0 Å². The van der Waals surface area contributed by atoms with Crippen LogP contribution in [-0.2, 0) is 6.54 Å². The maximum absolute atomic E-state index is 12.2. The Labute approximate surface area is 139 Å². The fourth-order valence-electron chi connectivity index (χ4n) is 2.36. The minimum absolute atomic E-state index is 0.145. The summed E-state index contributed by atoms with van der Waals surface area (Å²) in [6, 6.07) is 18.1. The van der Waals surface area contributed by atoms with E-state index in [-0.39, 0.29) is 5.91 Å². The molecule has 2 amide bonds. The number of carbonyl (C=O) groups is 2. The molecule has 3 aromatic rings. The average Bonchev–Trinajstić information content (AvgIpc) is 3.15. The van der Waals surface area contributed by atoms with E-state index in [0.29, 0.717) is 17.7 Å². The number of nitrogens with one attached hydrogen (secondary N) is 1. The number of primary amides is 1. The van der Waals surface area contributed by atoms with Crippen LogP contribution in [0.25, 0.3) is 5.69 Å². The van der Waals surface area contributed by atoms with E-state index in [1.54, 1.807) is 36.4 Å². The van der Waals surface area contributed by atoms with Gasteiger partial charge in [0.25, 0.3) is 5.91 Å². The second kappa shape index (κ2) is 6.83. The molecule has 1 heterocycles. The van der Waals surface area contributed by atoms with Crippen LogP contribution in [0.1, 0.15) is 26.3 Å². The van der Waals surface area contributed by atoms with Crippen LogP contribution < -0.4 is 11.1 Å². The van der Waals surface area contributed by atoms with Gasteiger partial charge in [0.2, 0.25) is 5.91 Å². The van der Waals surface area contributed by atoms with Crippen LogP contribution >= 0.6 is 0 Å². The summed E-state index contributed by atoms with van der Waals surface area (Å²) in [6.45, 7) is 0.386. The first-order valence-corrected chi connectivity index (χ1v) is 7.54. The molecule has 0 radical (unpaired) electrons. The maximum Gasteiger partial charge on any atom is 0.251 e. The van der Waals surface area contributed by atoms with Gasteiger partial charge >= 0.3 is 0 Å². The lowest BCUT2D eigenvalue weighted by Crippen LogP contribution is -2.22. The van der Waals surface area contributed by atoms with Crippen LogP contribution in [0.15, 0.2) is 73.1 Å². The van der Waals surface area contributed by atoms with Crippen molar-refractivity contribution < 1.29 is 9.59 Å². The molecular formula is C19H17N3O2. The Kier molecular flexibility index (Phi) is 4.43. The highest BCUT2D eigenvalue weighted by Gasteiger charge is 2.06. The van der Waals surface area contributed by atoms with Gasteiger partial charge in [0.15, 0.2) is 0 Å². The summed E-state index contributed by atoms with van der Waals surface area (Å²) in [7, 11) is 0. The number of nitrogens with two attached hydrogens (primary N) is 1. The highest BCUT2D eigenvalue weighted by Crippen LogP contribution is 2.10. The number of hydrogen-bond acceptors (Lipinski definition) is 2. The monoisotopic (exact) mass is 319 g/mol. The topological polar surface area (TPSA) is 77.1 Å². The molecule has 0 unspecified atom stereocenters. The van der Waals surface area contributed by atoms with E-state index < -0.39 is 5.91 Å². The third kappa shape index (κ3) is 3.52. The SMILES string of the molecule is NC(=O)c1ccc(CNC(=O)c2ccc(-n3cccc3)cc2)cc1. The fraction of sp³-hybridized carbons (Fsp3) is 0.0526. The first-order chi connectivity index (χ1) is 11.6. The molecule has 0 saturated heterocycles. The molecule has 3 N–H and O–H groups in total. The van der Waals surface area contributed by atoms with Crippen LogP contribution in [-0.4, -0.2) is 16.4 Å². The number of benzene rings is 2. The largest absolute Gasteiger partial charge is 0.366 e. The molecule has 0 atom stereocenters. The maximum atomic E-state index is 12.2. The molecule has 5 nitrogen and oxygen atoms in total. The molecule has 0 saturated carbocycles. The fourth-order valence-corrected chi connectivity index (χ4v) is 2.36. The zero-order valence-corrected chi connectivity index (χ0v) is 13.0. The predicted octanol–water partition coefficient (Wildman–Crippen LogP) is 2.51. The lowest BCUT2D eigenvalue weighted by molar-refractivity contribution is 0.0949. The van der Waals surface area contributed by atoms with Gasteiger partial charge in [0.1, 0.15) is 0 Å². The second-order valence-corrected chi connectivity index (χ2v) is 5.38. The second-order valence-electron chi connectivity index (χ2n) is 5.38. The van der Waals surface area contributed by atoms with Gasteiger partial charge in [-0.1, -0.05) is 12.1 Å². The third-order valence-electron chi connectivity index (χ3n) is 3.72. The van der Waals surface area contributed by atoms with Crippen molar-refractivity contribution in [2.75, 3.05) is 0 Å². The Bertz CT molecular complexity index is 835. The third-order valence-corrected chi connectivity index (χ3v) is 3.72. The van der Waals surface area contributed by atoms with Crippen LogP contribution in [0.3, 0.4) is 0 Å². The van der Waals surface area contributed by atoms with Gasteiger partial charge in [-0.15, -0.1) is 0 Å². The highest BCUT2D eigenvalue weighted by molar-refractivity contribution is 5.94. The number of aromatic nitrogens is 1. The molecule has 24 heavy (non-hydrogen) atoms. The lowest BCUT2D eigenvalue weighted by atomic mass is 10.1. The van der Waals surface area contributed by atoms with Crippen molar-refractivity contribution in [1.29, 1.82) is 0 Å². The molecule has 2 aromatic carbocycles. The van der Waals surface area contributed by atoms with E-state index in [4.69, 9.17) is 5.73 Å². The van der Waals surface area contributed by atoms with Crippen LogP contribution in [0.2, 0.25) is 0 Å².